The van der Waals surface area contributed by atoms with Crippen LogP contribution < -0.4 is 0 Å². The maximum absolute atomic E-state index is 15.3. The Balaban J connectivity index is 2.23. The molecule has 3 rings (SSSR count). The van der Waals surface area contributed by atoms with Crippen LogP contribution in [0.1, 0.15) is 11.1 Å². The van der Waals surface area contributed by atoms with Gasteiger partial charge in [0.05, 0.1) is 9.79 Å². The second-order valence-electron chi connectivity index (χ2n) is 5.61. The Kier molecular flexibility index (Phi) is 5.38. The maximum atomic E-state index is 15.3. The summed E-state index contributed by atoms with van der Waals surface area (Å²) >= 11 is 0. The van der Waals surface area contributed by atoms with E-state index in [1.54, 1.807) is 12.1 Å². The first-order chi connectivity index (χ1) is 12.8. The molecule has 27 heavy (non-hydrogen) atoms. The summed E-state index contributed by atoms with van der Waals surface area (Å²) < 4.78 is 70.8. The number of rotatable bonds is 5. The van der Waals surface area contributed by atoms with Gasteiger partial charge < -0.3 is 0 Å². The van der Waals surface area contributed by atoms with Crippen molar-refractivity contribution in [3.8, 4) is 0 Å². The molecule has 0 bridgehead atoms. The molecule has 0 aliphatic heterocycles. The zero-order valence-corrected chi connectivity index (χ0v) is 15.5. The summed E-state index contributed by atoms with van der Waals surface area (Å²) in [6, 6.07) is 18.8. The largest absolute Gasteiger partial charge is 0.290 e. The molecule has 0 unspecified atom stereocenters. The molecule has 0 radical (unpaired) electrons. The summed E-state index contributed by atoms with van der Waals surface area (Å²) in [5, 5.41) is 0. The summed E-state index contributed by atoms with van der Waals surface area (Å²) in [7, 11) is -8.46. The Hall–Kier alpha value is -2.58. The highest BCUT2D eigenvalue weighted by molar-refractivity contribution is 8.03. The monoisotopic (exact) mass is 407 g/mol. The van der Waals surface area contributed by atoms with Gasteiger partial charge in [0.15, 0.2) is 0 Å². The van der Waals surface area contributed by atoms with Gasteiger partial charge in [-0.3, -0.25) is 0 Å². The van der Waals surface area contributed by atoms with Gasteiger partial charge in [-0.15, -0.1) is 0 Å². The minimum atomic E-state index is -4.39. The van der Waals surface area contributed by atoms with E-state index in [1.807, 2.05) is 0 Å². The number of alkyl halides is 1. The molecular formula is C19H15F2NO3S2. The SMILES string of the molecule is O=S(=O)(N=[S@](=O)(c1ccccc1)[C@@H](F)c1ccc(F)cc1)c1ccccc1. The third-order valence-electron chi connectivity index (χ3n) is 3.74. The molecule has 0 aliphatic carbocycles. The number of hydrogen-bond donors (Lipinski definition) is 0. The summed E-state index contributed by atoms with van der Waals surface area (Å²) in [6.07, 6.45) is 0. The van der Waals surface area contributed by atoms with Gasteiger partial charge in [0, 0.05) is 5.56 Å². The van der Waals surface area contributed by atoms with Gasteiger partial charge in [0.2, 0.25) is 5.50 Å². The lowest BCUT2D eigenvalue weighted by Gasteiger charge is -2.15. The molecule has 0 spiro atoms. The first-order valence-corrected chi connectivity index (χ1v) is 10.9. The van der Waals surface area contributed by atoms with Crippen LogP contribution in [0.4, 0.5) is 8.78 Å². The van der Waals surface area contributed by atoms with Gasteiger partial charge in [-0.2, -0.15) is 8.42 Å². The lowest BCUT2D eigenvalue weighted by molar-refractivity contribution is 0.449. The molecule has 140 valence electrons. The van der Waals surface area contributed by atoms with E-state index in [4.69, 9.17) is 0 Å². The zero-order chi connectivity index (χ0) is 19.5. The highest BCUT2D eigenvalue weighted by atomic mass is 32.3. The van der Waals surface area contributed by atoms with E-state index < -0.39 is 31.1 Å². The molecule has 2 atom stereocenters. The van der Waals surface area contributed by atoms with E-state index >= 15 is 4.39 Å². The molecule has 3 aromatic rings. The van der Waals surface area contributed by atoms with Crippen LogP contribution in [0.25, 0.3) is 0 Å². The van der Waals surface area contributed by atoms with Gasteiger partial charge in [0.25, 0.3) is 10.0 Å². The van der Waals surface area contributed by atoms with Crippen LogP contribution >= 0.6 is 0 Å². The van der Waals surface area contributed by atoms with Crippen molar-refractivity contribution in [3.63, 3.8) is 0 Å². The molecule has 0 saturated heterocycles. The van der Waals surface area contributed by atoms with Crippen molar-refractivity contribution in [3.05, 3.63) is 96.3 Å². The molecule has 0 saturated carbocycles. The quantitative estimate of drug-likeness (QED) is 0.615. The topological polar surface area (TPSA) is 63.6 Å². The first-order valence-electron chi connectivity index (χ1n) is 7.85. The van der Waals surface area contributed by atoms with Gasteiger partial charge in [0.1, 0.15) is 15.5 Å². The van der Waals surface area contributed by atoms with Crippen molar-refractivity contribution in [2.24, 2.45) is 3.77 Å². The predicted octanol–water partition coefficient (Wildman–Crippen LogP) is 4.71. The van der Waals surface area contributed by atoms with Crippen LogP contribution in [-0.2, 0) is 19.8 Å². The fourth-order valence-corrected chi connectivity index (χ4v) is 6.37. The molecule has 0 amide bonds. The van der Waals surface area contributed by atoms with Crippen molar-refractivity contribution in [2.75, 3.05) is 0 Å². The molecule has 0 aromatic heterocycles. The van der Waals surface area contributed by atoms with Crippen LogP contribution in [0.15, 0.2) is 98.5 Å². The Bertz CT molecular complexity index is 1140. The van der Waals surface area contributed by atoms with Crippen LogP contribution in [-0.4, -0.2) is 12.6 Å². The van der Waals surface area contributed by atoms with Crippen molar-refractivity contribution in [2.45, 2.75) is 15.3 Å². The number of benzene rings is 3. The number of halogens is 2. The number of hydrogen-bond acceptors (Lipinski definition) is 3. The van der Waals surface area contributed by atoms with Crippen molar-refractivity contribution in [1.29, 1.82) is 0 Å². The van der Waals surface area contributed by atoms with E-state index in [9.17, 15) is 17.0 Å². The summed E-state index contributed by atoms with van der Waals surface area (Å²) in [6.45, 7) is 0. The molecule has 0 aliphatic rings. The summed E-state index contributed by atoms with van der Waals surface area (Å²) in [5.74, 6) is -0.592. The zero-order valence-electron chi connectivity index (χ0n) is 13.9. The minimum absolute atomic E-state index is 0.0682. The molecule has 0 fully saturated rings. The van der Waals surface area contributed by atoms with Crippen LogP contribution in [0.5, 0.6) is 0 Å². The normalized spacial score (nSPS) is 14.9. The van der Waals surface area contributed by atoms with Gasteiger partial charge in [-0.1, -0.05) is 52.3 Å². The van der Waals surface area contributed by atoms with Crippen molar-refractivity contribution < 1.29 is 21.4 Å². The predicted molar refractivity (Wildman–Crippen MR) is 99.2 cm³/mol. The van der Waals surface area contributed by atoms with Crippen LogP contribution in [0.2, 0.25) is 0 Å². The Labute approximate surface area is 156 Å². The van der Waals surface area contributed by atoms with Gasteiger partial charge in [-0.25, -0.2) is 13.0 Å². The standard InChI is InChI=1S/C19H15F2NO3S2/c20-16-13-11-15(12-14-16)19(21)26(23,17-7-3-1-4-8-17)22-27(24,25)18-9-5-2-6-10-18/h1-14,19H/t19-,26+/m1/s1. The van der Waals surface area contributed by atoms with E-state index in [2.05, 4.69) is 3.77 Å². The lowest BCUT2D eigenvalue weighted by Crippen LogP contribution is -2.13. The van der Waals surface area contributed by atoms with E-state index in [-0.39, 0.29) is 15.4 Å². The van der Waals surface area contributed by atoms with E-state index in [0.29, 0.717) is 0 Å². The molecule has 0 heterocycles. The van der Waals surface area contributed by atoms with E-state index in [1.165, 1.54) is 48.5 Å². The Morgan fingerprint density at radius 3 is 1.70 bits per heavy atom. The highest BCUT2D eigenvalue weighted by Crippen LogP contribution is 2.34. The fraction of sp³-hybridized carbons (Fsp3) is 0.0526. The minimum Gasteiger partial charge on any atom is -0.240 e. The second kappa shape index (κ2) is 7.58. The molecule has 3 aromatic carbocycles. The van der Waals surface area contributed by atoms with Crippen LogP contribution in [0, 0.1) is 5.82 Å². The van der Waals surface area contributed by atoms with E-state index in [0.717, 1.165) is 24.3 Å². The Morgan fingerprint density at radius 2 is 1.19 bits per heavy atom. The van der Waals surface area contributed by atoms with Crippen LogP contribution in [0.3, 0.4) is 0 Å². The average molecular weight is 407 g/mol. The third-order valence-corrected chi connectivity index (χ3v) is 8.06. The molecule has 4 nitrogen and oxygen atoms in total. The molecule has 0 N–H and O–H groups in total. The second-order valence-corrected chi connectivity index (χ2v) is 9.65. The smallest absolute Gasteiger partial charge is 0.240 e. The molecular weight excluding hydrogens is 392 g/mol. The summed E-state index contributed by atoms with van der Waals surface area (Å²) in [4.78, 5) is -0.263. The third kappa shape index (κ3) is 4.06. The van der Waals surface area contributed by atoms with Crippen molar-refractivity contribution in [1.82, 2.24) is 0 Å². The lowest BCUT2D eigenvalue weighted by atomic mass is 10.2. The maximum Gasteiger partial charge on any atom is 0.290 e. The number of sulfonamides is 1. The van der Waals surface area contributed by atoms with Gasteiger partial charge >= 0.3 is 0 Å². The summed E-state index contributed by atoms with van der Waals surface area (Å²) in [5.41, 5.74) is -2.39. The number of nitrogens with zero attached hydrogens (tertiary/aromatic N) is 1. The van der Waals surface area contributed by atoms with Gasteiger partial charge in [-0.05, 0) is 36.4 Å². The Morgan fingerprint density at radius 1 is 0.704 bits per heavy atom. The van der Waals surface area contributed by atoms with Crippen molar-refractivity contribution >= 4 is 19.8 Å². The fourth-order valence-electron chi connectivity index (χ4n) is 2.40. The first kappa shape index (κ1) is 19.2. The highest BCUT2D eigenvalue weighted by Gasteiger charge is 2.30. The molecule has 8 heteroatoms. The average Bonchev–Trinajstić information content (AvgIpc) is 2.69.